The van der Waals surface area contributed by atoms with Gasteiger partial charge >= 0.3 is 34.9 Å². The zero-order valence-corrected chi connectivity index (χ0v) is 79.9. The van der Waals surface area contributed by atoms with Crippen molar-refractivity contribution in [2.24, 2.45) is 11.8 Å². The van der Waals surface area contributed by atoms with Crippen LogP contribution in [0.3, 0.4) is 0 Å². The second kappa shape index (κ2) is 47.6. The summed E-state index contributed by atoms with van der Waals surface area (Å²) in [5, 5.41) is 64.2. The van der Waals surface area contributed by atoms with Gasteiger partial charge in [0.05, 0.1) is 77.3 Å². The van der Waals surface area contributed by atoms with Crippen molar-refractivity contribution in [3.8, 4) is 17.9 Å². The van der Waals surface area contributed by atoms with Gasteiger partial charge in [-0.3, -0.25) is 77.1 Å². The van der Waals surface area contributed by atoms with E-state index >= 15 is 17.6 Å². The quantitative estimate of drug-likeness (QED) is 0.00990. The molecule has 62 heteroatoms. The number of halogens is 5. The van der Waals surface area contributed by atoms with Gasteiger partial charge in [-0.15, -0.1) is 10.2 Å². The number of para-hydroxylation sites is 1. The van der Waals surface area contributed by atoms with Crippen LogP contribution >= 0.6 is 40.0 Å². The van der Waals surface area contributed by atoms with Crippen LogP contribution in [0.1, 0.15) is 86.2 Å². The molecule has 748 valence electrons. The predicted octanol–water partition coefficient (Wildman–Crippen LogP) is 9.52. The first kappa shape index (κ1) is 106. The van der Waals surface area contributed by atoms with E-state index in [9.17, 15) is 63.8 Å². The van der Waals surface area contributed by atoms with Crippen molar-refractivity contribution in [3.63, 3.8) is 0 Å². The number of benzene rings is 3. The maximum Gasteiger partial charge on any atom is 0.506 e. The molecule has 12 N–H and O–H groups in total. The van der Waals surface area contributed by atoms with Gasteiger partial charge in [0.1, 0.15) is 61.1 Å². The first-order valence-corrected chi connectivity index (χ1v) is 51.0. The van der Waals surface area contributed by atoms with Crippen molar-refractivity contribution >= 4 is 162 Å². The summed E-state index contributed by atoms with van der Waals surface area (Å²) < 4.78 is 161. The largest absolute Gasteiger partial charge is 0.506 e. The van der Waals surface area contributed by atoms with E-state index in [1.54, 1.807) is 125 Å². The molecule has 2 bridgehead atoms. The minimum Gasteiger partial charge on any atom is -0.450 e. The highest BCUT2D eigenvalue weighted by Crippen LogP contribution is 2.58. The molecule has 0 aliphatic carbocycles. The van der Waals surface area contributed by atoms with Gasteiger partial charge in [0.2, 0.25) is 23.7 Å². The molecule has 5 aliphatic heterocycles. The second-order valence-electron chi connectivity index (χ2n) is 30.7. The van der Waals surface area contributed by atoms with E-state index in [4.69, 9.17) is 99.3 Å². The number of carbonyl (C=O) groups excluding carboxylic acids is 4. The number of hydrogen-bond acceptors (Lipinski definition) is 42. The first-order chi connectivity index (χ1) is 67.1. The van der Waals surface area contributed by atoms with Crippen molar-refractivity contribution in [1.29, 1.82) is 10.5 Å². The molecule has 9 aromatic heterocycles. The Morgan fingerprint density at radius 1 is 0.631 bits per heavy atom. The number of ether oxygens (including phenoxy) is 5. The van der Waals surface area contributed by atoms with Crippen molar-refractivity contribution in [2.75, 3.05) is 67.6 Å². The van der Waals surface area contributed by atoms with Gasteiger partial charge in [-0.25, -0.2) is 52.3 Å². The molecule has 12 aromatic rings. The van der Waals surface area contributed by atoms with Gasteiger partial charge in [0, 0.05) is 42.0 Å². The molecule has 4 amide bonds. The van der Waals surface area contributed by atoms with Crippen molar-refractivity contribution in [2.45, 2.75) is 139 Å². The normalized spacial score (nSPS) is 25.0. The van der Waals surface area contributed by atoms with E-state index in [-0.39, 0.29) is 93.8 Å². The Balaban J connectivity index is 0.000000201. The summed E-state index contributed by atoms with van der Waals surface area (Å²) >= 11 is 16.8. The number of nitrogens with one attached hydrogen (secondary N) is 6. The van der Waals surface area contributed by atoms with E-state index in [0.29, 0.717) is 16.9 Å². The van der Waals surface area contributed by atoms with E-state index in [1.165, 1.54) is 11.2 Å². The average Bonchev–Trinajstić information content (AvgIpc) is 1.61. The van der Waals surface area contributed by atoms with Crippen LogP contribution < -0.4 is 43.1 Å². The highest BCUT2D eigenvalue weighted by molar-refractivity contribution is 8.07. The number of nitriles is 2. The SMILES string of the molecule is CC(C)C(=O)Nc1nc2c(ncn2[C@@H]2O[C@@H]3COP(O)O[C@H]4[C@H](F)[C@H](n5nnc6c(NC(=O)c7ccccc7)ncnc65)O[C@@H]4COP(=S)(OCCC#N)O[C@@H]2[C@@H]3F)c(=O)[nH]1.CC(C)C(=O)Nc1nc2c(ncn2[C@@H]2O[C@H](CO)[C@@H](F)[C@H]2OP(=S)(OCCC#N)OC[C@H]2O[C@@H](n3nnc4c(NC(=O)c5ccccc5)ncnc43)[C@@H](F)[C@@H]2OC(=O)O)c(=O)[nH]1.CP(=O)(Cl)Oc1ccccc1.N.c1ccncc1. The third-order valence-corrected chi connectivity index (χ3v) is 26.6. The smallest absolute Gasteiger partial charge is 0.450 e. The molecular weight excluding hydrogens is 2010 g/mol. The minimum atomic E-state index is -4.32. The fourth-order valence-electron chi connectivity index (χ4n) is 13.7. The number of aromatic amines is 2. The maximum atomic E-state index is 16.6. The standard InChI is InChI=1S/C34H35F2N12O12PS.C33H34F2N12O11P2S.C7H8ClO2P.C5H5N.H3N/c1-15(2)28(50)43-33-42-27-22(30(52)44-33)40-14-47(27)32-24(19(35)17(11-49)57-32)60-61(62,55-10-6-9-37)56-12-18-23(59-34(53)54)20(36)31(58-18)48-26-21(45-46-48)25(38-13-39-26)41-29(51)16-7-4-3-5-8-16;1-15(2)28(48)42-33-41-27-22(30(50)43-33)39-14-46(27)32-24-19(34)17(55-32)11-52-59(51)57-23-18(12-54-60(61,58-24)53-10-6-9-36)56-31(20(23)35)47-26-21(44-45-47)25(37-13-38-26)40-29(49)16-7-4-3-5-8-16;1-11(8,9)10-7-5-3-2-4-6-7;1-2-4-6-5-3-1;/h3-5,7-8,13-15,17-20,23-24,31-32,49H,6,10-12H2,1-2H3,(H,53,54)(H,38,39,41,51)(H2,42,43,44,50,52);3-5,7-8,13-15,17-20,23-24,31-32,51H,6,10-12H2,1-2H3,(H,37,38,40,49)(H2,41,42,43,48,50);2-6H,1H3;1-5H;1H3/t17-,18-,19-,20+,23-,24-,31-,32-,61?;17-,18-,19-,20+,23-,24-,31-,32-,59?,60?;;;/m11.../s1. The Labute approximate surface area is 808 Å². The van der Waals surface area contributed by atoms with Gasteiger partial charge in [-0.05, 0) is 83.4 Å². The van der Waals surface area contributed by atoms with Gasteiger partial charge in [0.15, 0.2) is 112 Å². The van der Waals surface area contributed by atoms with Crippen LogP contribution in [0.15, 0.2) is 156 Å². The number of pyridine rings is 1. The van der Waals surface area contributed by atoms with E-state index in [2.05, 4.69) is 96.7 Å². The van der Waals surface area contributed by atoms with Gasteiger partial charge in [-0.2, -0.15) is 29.9 Å². The molecule has 5 aliphatic rings. The lowest BCUT2D eigenvalue weighted by Gasteiger charge is -2.29. The van der Waals surface area contributed by atoms with Crippen LogP contribution in [0.5, 0.6) is 5.75 Å². The number of fused-ring (bicyclic) bond motifs is 7. The lowest BCUT2D eigenvalue weighted by atomic mass is 10.1. The van der Waals surface area contributed by atoms with Crippen LogP contribution in [0.2, 0.25) is 0 Å². The molecule has 0 radical (unpaired) electrons. The molecule has 4 unspecified atom stereocenters. The van der Waals surface area contributed by atoms with E-state index < -0.39 is 213 Å². The molecule has 5 fully saturated rings. The molecule has 0 saturated carbocycles. The number of aromatic nitrogens is 19. The van der Waals surface area contributed by atoms with Gasteiger partial charge < -0.3 is 87.2 Å². The second-order valence-corrected chi connectivity index (χ2v) is 41.1. The number of amides is 4. The fourth-order valence-corrected chi connectivity index (χ4v) is 19.4. The fraction of sp³-hybridized carbons (Fsp3) is 0.392. The number of anilines is 4. The van der Waals surface area contributed by atoms with Crippen LogP contribution in [0.4, 0.5) is 45.9 Å². The number of hydrogen-bond donors (Lipinski definition) is 10. The van der Waals surface area contributed by atoms with E-state index in [0.717, 1.165) is 39.2 Å². The summed E-state index contributed by atoms with van der Waals surface area (Å²) in [5.74, 6) is -2.99. The Morgan fingerprint density at radius 3 is 1.65 bits per heavy atom. The first-order valence-electron chi connectivity index (χ1n) is 41.8. The molecule has 17 rings (SSSR count). The number of carboxylic acid groups (broad SMARTS) is 1. The molecule has 20 atom stereocenters. The Hall–Kier alpha value is -12.2. The molecule has 0 spiro atoms. The Kier molecular flexibility index (Phi) is 35.8. The van der Waals surface area contributed by atoms with Gasteiger partial charge in [-0.1, -0.05) is 98.8 Å². The number of H-pyrrole nitrogens is 2. The molecule has 51 nitrogen and oxygen atoms in total. The number of nitrogens with zero attached hydrogens (tertiary/aromatic N) is 19. The third kappa shape index (κ3) is 25.8. The van der Waals surface area contributed by atoms with E-state index in [1.807, 2.05) is 36.4 Å². The van der Waals surface area contributed by atoms with Gasteiger partial charge in [0.25, 0.3) is 22.9 Å². The van der Waals surface area contributed by atoms with Crippen LogP contribution in [-0.2, 0) is 97.6 Å². The molecule has 141 heavy (non-hydrogen) atoms. The van der Waals surface area contributed by atoms with Crippen molar-refractivity contribution < 1.29 is 126 Å². The summed E-state index contributed by atoms with van der Waals surface area (Å²) in [4.78, 5) is 141. The molecular formula is C79H85ClF4N26O25P4S2. The predicted molar refractivity (Wildman–Crippen MR) is 492 cm³/mol. The summed E-state index contributed by atoms with van der Waals surface area (Å²) in [6, 6.07) is 34.8. The zero-order chi connectivity index (χ0) is 99.9. The van der Waals surface area contributed by atoms with Crippen LogP contribution in [-0.4, -0.2) is 259 Å². The summed E-state index contributed by atoms with van der Waals surface area (Å²) in [6.45, 7) is -7.28. The molecule has 5 saturated heterocycles. The number of rotatable bonds is 27. The van der Waals surface area contributed by atoms with Crippen molar-refractivity contribution in [3.05, 3.63) is 179 Å². The Bertz CT molecular complexity index is 6750. The highest BCUT2D eigenvalue weighted by atomic mass is 35.7. The van der Waals surface area contributed by atoms with Crippen LogP contribution in [0, 0.1) is 34.5 Å². The zero-order valence-electron chi connectivity index (χ0n) is 73.9. The monoisotopic (exact) mass is 2100 g/mol. The van der Waals surface area contributed by atoms with Crippen LogP contribution in [0.25, 0.3) is 44.7 Å². The minimum absolute atomic E-state index is 0. The lowest BCUT2D eigenvalue weighted by molar-refractivity contribution is -0.119. The topological polar surface area (TPSA) is 676 Å². The average molecular weight is 2100 g/mol. The van der Waals surface area contributed by atoms with Crippen molar-refractivity contribution in [1.82, 2.24) is 100 Å². The summed E-state index contributed by atoms with van der Waals surface area (Å²) in [5.41, 5.74) is -1.88. The number of alkyl halides is 4. The molecule has 3 aromatic carbocycles. The summed E-state index contributed by atoms with van der Waals surface area (Å²) in [6.07, 6.45) is -22.7. The number of aliphatic hydroxyl groups is 1. The summed E-state index contributed by atoms with van der Waals surface area (Å²) in [7, 11) is -2.96. The lowest BCUT2D eigenvalue weighted by Crippen LogP contribution is -2.36. The Morgan fingerprint density at radius 2 is 1.14 bits per heavy atom. The maximum absolute atomic E-state index is 16.6. The number of imidazole rings is 2. The highest BCUT2D eigenvalue weighted by Gasteiger charge is 2.57. The number of aliphatic hydroxyl groups excluding tert-OH is 1. The number of carbonyl (C=O) groups is 5. The molecule has 14 heterocycles. The third-order valence-electron chi connectivity index (χ3n) is 20.3.